The van der Waals surface area contributed by atoms with Crippen LogP contribution < -0.4 is 9.62 Å². The highest BCUT2D eigenvalue weighted by Crippen LogP contribution is 2.24. The molecule has 5 nitrogen and oxygen atoms in total. The van der Waals surface area contributed by atoms with E-state index in [0.29, 0.717) is 0 Å². The summed E-state index contributed by atoms with van der Waals surface area (Å²) in [4.78, 5) is 12.0. The summed E-state index contributed by atoms with van der Waals surface area (Å²) in [6.45, 7) is 2.08. The molecule has 0 saturated carbocycles. The summed E-state index contributed by atoms with van der Waals surface area (Å²) in [7, 11) is -3.61. The molecule has 2 rings (SSSR count). The average molecular weight is 399 g/mol. The molecule has 0 aliphatic carbocycles. The van der Waals surface area contributed by atoms with Crippen LogP contribution in [-0.2, 0) is 21.2 Å². The first-order valence-corrected chi connectivity index (χ1v) is 10.1. The molecule has 0 spiro atoms. The van der Waals surface area contributed by atoms with E-state index in [-0.39, 0.29) is 36.1 Å². The third kappa shape index (κ3) is 5.71. The number of hydrogen-bond donors (Lipinski definition) is 1. The van der Waals surface area contributed by atoms with Crippen LogP contribution in [0.1, 0.15) is 11.1 Å². The van der Waals surface area contributed by atoms with Crippen LogP contribution in [0, 0.1) is 12.7 Å². The van der Waals surface area contributed by atoms with Crippen LogP contribution in [-0.4, -0.2) is 33.7 Å². The summed E-state index contributed by atoms with van der Waals surface area (Å²) in [6.07, 6.45) is 1.25. The number of carbonyl (C=O) groups excluding carboxylic acids is 1. The Morgan fingerprint density at radius 3 is 2.58 bits per heavy atom. The minimum atomic E-state index is -3.61. The maximum Gasteiger partial charge on any atom is 0.232 e. The molecule has 0 fully saturated rings. The Morgan fingerprint density at radius 1 is 1.23 bits per heavy atom. The second-order valence-electron chi connectivity index (χ2n) is 5.95. The Morgan fingerprint density at radius 2 is 1.96 bits per heavy atom. The van der Waals surface area contributed by atoms with Crippen LogP contribution in [0.2, 0.25) is 5.02 Å². The van der Waals surface area contributed by atoms with Crippen molar-refractivity contribution < 1.29 is 17.6 Å². The zero-order chi connectivity index (χ0) is 19.3. The highest BCUT2D eigenvalue weighted by atomic mass is 35.5. The molecule has 0 aromatic heterocycles. The van der Waals surface area contributed by atoms with Crippen molar-refractivity contribution >= 4 is 33.2 Å². The van der Waals surface area contributed by atoms with E-state index in [9.17, 15) is 17.6 Å². The number of nitrogens with one attached hydrogen (secondary N) is 1. The second kappa shape index (κ2) is 8.51. The molecular formula is C18H20ClFN2O3S. The first-order valence-electron chi connectivity index (χ1n) is 7.92. The van der Waals surface area contributed by atoms with Crippen LogP contribution in [0.15, 0.2) is 42.5 Å². The largest absolute Gasteiger partial charge is 0.354 e. The molecule has 140 valence electrons. The van der Waals surface area contributed by atoms with Crippen molar-refractivity contribution in [1.29, 1.82) is 0 Å². The molecule has 8 heteroatoms. The van der Waals surface area contributed by atoms with E-state index < -0.39 is 15.8 Å². The molecule has 0 saturated heterocycles. The lowest BCUT2D eigenvalue weighted by Crippen LogP contribution is -2.38. The number of benzene rings is 2. The summed E-state index contributed by atoms with van der Waals surface area (Å²) in [5, 5.41) is 2.53. The molecule has 2 aromatic rings. The van der Waals surface area contributed by atoms with Crippen molar-refractivity contribution in [3.63, 3.8) is 0 Å². The minimum absolute atomic E-state index is 0.0142. The fourth-order valence-electron chi connectivity index (χ4n) is 2.49. The maximum atomic E-state index is 13.3. The molecule has 2 aromatic carbocycles. The van der Waals surface area contributed by atoms with Crippen molar-refractivity contribution in [2.45, 2.75) is 13.3 Å². The van der Waals surface area contributed by atoms with E-state index in [0.717, 1.165) is 27.8 Å². The lowest BCUT2D eigenvalue weighted by atomic mass is 10.1. The molecular weight excluding hydrogens is 379 g/mol. The fraction of sp³-hybridized carbons (Fsp3) is 0.278. The molecule has 0 radical (unpaired) electrons. The highest BCUT2D eigenvalue weighted by Gasteiger charge is 2.18. The smallest absolute Gasteiger partial charge is 0.232 e. The van der Waals surface area contributed by atoms with Crippen LogP contribution in [0.3, 0.4) is 0 Å². The van der Waals surface area contributed by atoms with Crippen molar-refractivity contribution in [1.82, 2.24) is 5.32 Å². The Bertz CT molecular complexity index is 903. The van der Waals surface area contributed by atoms with Gasteiger partial charge >= 0.3 is 0 Å². The molecule has 0 unspecified atom stereocenters. The summed E-state index contributed by atoms with van der Waals surface area (Å²) in [5.74, 6) is -0.837. The lowest BCUT2D eigenvalue weighted by Gasteiger charge is -2.23. The summed E-state index contributed by atoms with van der Waals surface area (Å²) < 4.78 is 38.4. The van der Waals surface area contributed by atoms with Gasteiger partial charge in [-0.3, -0.25) is 9.10 Å². The molecule has 0 aliphatic heterocycles. The zero-order valence-electron chi connectivity index (χ0n) is 14.5. The Hall–Kier alpha value is -2.12. The van der Waals surface area contributed by atoms with E-state index in [1.54, 1.807) is 0 Å². The molecule has 0 aliphatic rings. The summed E-state index contributed by atoms with van der Waals surface area (Å²) in [5.41, 5.74) is 2.19. The van der Waals surface area contributed by atoms with Crippen molar-refractivity contribution in [3.05, 3.63) is 64.4 Å². The van der Waals surface area contributed by atoms with Gasteiger partial charge in [0.1, 0.15) is 5.82 Å². The number of amides is 1. The van der Waals surface area contributed by atoms with Gasteiger partial charge in [0.15, 0.2) is 0 Å². The Balaban J connectivity index is 1.99. The van der Waals surface area contributed by atoms with E-state index in [1.807, 2.05) is 31.2 Å². The van der Waals surface area contributed by atoms with Gasteiger partial charge < -0.3 is 5.32 Å². The number of aryl methyl sites for hydroxylation is 1. The van der Waals surface area contributed by atoms with Crippen molar-refractivity contribution in [2.75, 3.05) is 23.7 Å². The number of hydrogen-bond acceptors (Lipinski definition) is 3. The van der Waals surface area contributed by atoms with E-state index in [1.165, 1.54) is 12.1 Å². The van der Waals surface area contributed by atoms with Gasteiger partial charge in [0.25, 0.3) is 0 Å². The van der Waals surface area contributed by atoms with Gasteiger partial charge in [0, 0.05) is 6.54 Å². The molecule has 1 N–H and O–H groups in total. The van der Waals surface area contributed by atoms with Gasteiger partial charge in [0.2, 0.25) is 15.9 Å². The highest BCUT2D eigenvalue weighted by molar-refractivity contribution is 7.92. The topological polar surface area (TPSA) is 66.5 Å². The third-order valence-electron chi connectivity index (χ3n) is 3.68. The molecule has 1 amide bonds. The zero-order valence-corrected chi connectivity index (χ0v) is 16.1. The number of halogens is 2. The van der Waals surface area contributed by atoms with Gasteiger partial charge in [-0.05, 0) is 30.7 Å². The Labute approximate surface area is 157 Å². The minimum Gasteiger partial charge on any atom is -0.354 e. The van der Waals surface area contributed by atoms with E-state index in [4.69, 9.17) is 11.6 Å². The SMILES string of the molecule is Cc1cccc(CC(=O)NCCN(c2ccc(F)c(Cl)c2)S(C)(=O)=O)c1. The predicted octanol–water partition coefficient (Wildman–Crippen LogP) is 2.91. The number of sulfonamides is 1. The lowest BCUT2D eigenvalue weighted by molar-refractivity contribution is -0.120. The summed E-state index contributed by atoms with van der Waals surface area (Å²) >= 11 is 5.73. The first kappa shape index (κ1) is 20.2. The summed E-state index contributed by atoms with van der Waals surface area (Å²) in [6, 6.07) is 11.3. The average Bonchev–Trinajstić information content (AvgIpc) is 2.53. The Kier molecular flexibility index (Phi) is 6.61. The monoisotopic (exact) mass is 398 g/mol. The second-order valence-corrected chi connectivity index (χ2v) is 8.26. The van der Waals surface area contributed by atoms with Crippen molar-refractivity contribution in [3.8, 4) is 0 Å². The fourth-order valence-corrected chi connectivity index (χ4v) is 3.59. The van der Waals surface area contributed by atoms with Crippen LogP contribution >= 0.6 is 11.6 Å². The quantitative estimate of drug-likeness (QED) is 0.779. The molecule has 0 heterocycles. The standard InChI is InChI=1S/C18H20ClFN2O3S/c1-13-4-3-5-14(10-13)11-18(23)21-8-9-22(26(2,24)25)15-6-7-17(20)16(19)12-15/h3-7,10,12H,8-9,11H2,1-2H3,(H,21,23). The predicted molar refractivity (Wildman–Crippen MR) is 101 cm³/mol. The van der Waals surface area contributed by atoms with Crippen LogP contribution in [0.25, 0.3) is 0 Å². The van der Waals surface area contributed by atoms with E-state index >= 15 is 0 Å². The van der Waals surface area contributed by atoms with Gasteiger partial charge in [-0.2, -0.15) is 0 Å². The normalized spacial score (nSPS) is 11.2. The van der Waals surface area contributed by atoms with Gasteiger partial charge in [-0.15, -0.1) is 0 Å². The molecule has 0 bridgehead atoms. The molecule has 0 atom stereocenters. The number of nitrogens with zero attached hydrogens (tertiary/aromatic N) is 1. The van der Waals surface area contributed by atoms with E-state index in [2.05, 4.69) is 5.32 Å². The maximum absolute atomic E-state index is 13.3. The van der Waals surface area contributed by atoms with Gasteiger partial charge in [-0.25, -0.2) is 12.8 Å². The molecule has 26 heavy (non-hydrogen) atoms. The number of rotatable bonds is 7. The number of carbonyl (C=O) groups is 1. The first-order chi connectivity index (χ1) is 12.2. The van der Waals surface area contributed by atoms with Crippen LogP contribution in [0.5, 0.6) is 0 Å². The van der Waals surface area contributed by atoms with Crippen LogP contribution in [0.4, 0.5) is 10.1 Å². The third-order valence-corrected chi connectivity index (χ3v) is 5.16. The van der Waals surface area contributed by atoms with Gasteiger partial charge in [-0.1, -0.05) is 41.4 Å². The van der Waals surface area contributed by atoms with Crippen molar-refractivity contribution in [2.24, 2.45) is 0 Å². The van der Waals surface area contributed by atoms with Gasteiger partial charge in [0.05, 0.1) is 29.9 Å². The number of anilines is 1.